The van der Waals surface area contributed by atoms with Crippen molar-refractivity contribution in [1.82, 2.24) is 15.5 Å². The average molecular weight is 600 g/mol. The van der Waals surface area contributed by atoms with Crippen LogP contribution in [0.4, 0.5) is 0 Å². The molecule has 0 spiro atoms. The van der Waals surface area contributed by atoms with Crippen molar-refractivity contribution in [2.75, 3.05) is 33.3 Å². The summed E-state index contributed by atoms with van der Waals surface area (Å²) in [6.07, 6.45) is 18.4. The monoisotopic (exact) mass is 600 g/mol. The molecule has 2 heterocycles. The Morgan fingerprint density at radius 3 is 2.56 bits per heavy atom. The largest absolute Gasteiger partial charge is 0.393 e. The highest BCUT2D eigenvalue weighted by molar-refractivity contribution is 5.16. The van der Waals surface area contributed by atoms with Crippen molar-refractivity contribution in [1.29, 1.82) is 0 Å². The number of rotatable bonds is 13. The summed E-state index contributed by atoms with van der Waals surface area (Å²) < 4.78 is 5.13. The van der Waals surface area contributed by atoms with Gasteiger partial charge < -0.3 is 25.6 Å². The van der Waals surface area contributed by atoms with Crippen LogP contribution < -0.4 is 10.6 Å². The molecule has 4 aliphatic carbocycles. The zero-order chi connectivity index (χ0) is 30.4. The van der Waals surface area contributed by atoms with Crippen LogP contribution in [0.3, 0.4) is 0 Å². The minimum absolute atomic E-state index is 0.133. The molecule has 0 bridgehead atoms. The fourth-order valence-corrected chi connectivity index (χ4v) is 11.8. The molecular weight excluding hydrogens is 534 g/mol. The Bertz CT molecular complexity index is 961. The van der Waals surface area contributed by atoms with Crippen LogP contribution in [-0.2, 0) is 4.74 Å². The van der Waals surface area contributed by atoms with Crippen LogP contribution >= 0.6 is 0 Å². The number of fused-ring (bicyclic) bond motifs is 6. The summed E-state index contributed by atoms with van der Waals surface area (Å²) in [6, 6.07) is 2.06. The smallest absolute Gasteiger partial charge is 0.154 e. The van der Waals surface area contributed by atoms with E-state index in [-0.39, 0.29) is 6.10 Å². The van der Waals surface area contributed by atoms with Gasteiger partial charge in [0, 0.05) is 44.2 Å². The highest BCUT2D eigenvalue weighted by Crippen LogP contribution is 2.68. The summed E-state index contributed by atoms with van der Waals surface area (Å²) in [6.45, 7) is 14.6. The third-order valence-corrected chi connectivity index (χ3v) is 14.6. The van der Waals surface area contributed by atoms with Crippen LogP contribution in [0.15, 0.2) is 12.2 Å². The number of aliphatic hydroxyl groups excluding tert-OH is 2. The molecule has 0 aromatic heterocycles. The molecule has 6 rings (SSSR count). The number of unbranched alkanes of at least 4 members (excludes halogenated alkanes) is 1. The van der Waals surface area contributed by atoms with Gasteiger partial charge in [0.05, 0.1) is 6.10 Å². The van der Waals surface area contributed by atoms with Gasteiger partial charge in [0.1, 0.15) is 0 Å². The van der Waals surface area contributed by atoms with Gasteiger partial charge in [-0.25, -0.2) is 0 Å². The molecule has 6 aliphatic rings. The Morgan fingerprint density at radius 2 is 1.74 bits per heavy atom. The second kappa shape index (κ2) is 13.3. The Morgan fingerprint density at radius 1 is 0.977 bits per heavy atom. The van der Waals surface area contributed by atoms with E-state index in [9.17, 15) is 10.2 Å². The van der Waals surface area contributed by atoms with Gasteiger partial charge in [-0.1, -0.05) is 32.9 Å². The first-order valence-corrected chi connectivity index (χ1v) is 18.4. The highest BCUT2D eigenvalue weighted by atomic mass is 16.6. The van der Waals surface area contributed by atoms with Crippen LogP contribution in [-0.4, -0.2) is 78.9 Å². The van der Waals surface area contributed by atoms with E-state index in [1.54, 1.807) is 7.11 Å². The molecule has 6 heteroatoms. The van der Waals surface area contributed by atoms with Crippen molar-refractivity contribution < 1.29 is 14.9 Å². The van der Waals surface area contributed by atoms with Gasteiger partial charge >= 0.3 is 0 Å². The molecule has 0 aromatic rings. The zero-order valence-corrected chi connectivity index (χ0v) is 28.1. The summed E-state index contributed by atoms with van der Waals surface area (Å²) in [5, 5.41) is 29.4. The standard InChI is InChI=1S/C37H65N3O3/c1-24(8-13-34(42)43-5)30-11-12-31-35-32(15-17-37(30,31)4)36(3)16-14-28(20-27(36)21-33(35)41)39-19-7-6-18-38-22-26-9-10-29-23-40(29)25(26)2/h9-10,24-35,38-39,41-42H,6-8,11-23H2,1-5H3/t24-,25-,26?,27-,28-,29?,30-,31?,32?,33+,34?,35?,36+,37-,40?/m1/s1. The first kappa shape index (κ1) is 32.4. The minimum atomic E-state index is -0.635. The van der Waals surface area contributed by atoms with E-state index < -0.39 is 6.29 Å². The number of nitrogens with zero attached hydrogens (tertiary/aromatic N) is 1. The zero-order valence-electron chi connectivity index (χ0n) is 28.1. The van der Waals surface area contributed by atoms with E-state index in [1.807, 2.05) is 0 Å². The lowest BCUT2D eigenvalue weighted by molar-refractivity contribution is -0.167. The molecule has 246 valence electrons. The molecular formula is C37H65N3O3. The summed E-state index contributed by atoms with van der Waals surface area (Å²) >= 11 is 0. The van der Waals surface area contributed by atoms with Gasteiger partial charge in [0.25, 0.3) is 0 Å². The normalized spacial score (nSPS) is 48.1. The van der Waals surface area contributed by atoms with Crippen molar-refractivity contribution in [2.24, 2.45) is 52.3 Å². The Hall–Kier alpha value is -0.500. The van der Waals surface area contributed by atoms with Crippen molar-refractivity contribution in [3.63, 3.8) is 0 Å². The molecule has 4 saturated carbocycles. The van der Waals surface area contributed by atoms with Gasteiger partial charge in [-0.05, 0) is 143 Å². The van der Waals surface area contributed by atoms with Crippen LogP contribution in [0, 0.1) is 52.3 Å². The van der Waals surface area contributed by atoms with Gasteiger partial charge in [-0.15, -0.1) is 0 Å². The summed E-state index contributed by atoms with van der Waals surface area (Å²) in [5.74, 6) is 4.43. The van der Waals surface area contributed by atoms with Crippen LogP contribution in [0.2, 0.25) is 0 Å². The van der Waals surface area contributed by atoms with Crippen LogP contribution in [0.25, 0.3) is 0 Å². The third kappa shape index (κ3) is 6.41. The number of nitrogens with one attached hydrogen (secondary N) is 2. The van der Waals surface area contributed by atoms with Gasteiger partial charge in [0.15, 0.2) is 6.29 Å². The van der Waals surface area contributed by atoms with Gasteiger partial charge in [-0.2, -0.15) is 0 Å². The Labute approximate surface area is 263 Å². The molecule has 5 fully saturated rings. The van der Waals surface area contributed by atoms with E-state index in [2.05, 4.69) is 55.4 Å². The van der Waals surface area contributed by atoms with E-state index >= 15 is 0 Å². The molecule has 2 aliphatic heterocycles. The fourth-order valence-electron chi connectivity index (χ4n) is 11.8. The predicted octanol–water partition coefficient (Wildman–Crippen LogP) is 5.58. The van der Waals surface area contributed by atoms with Crippen LogP contribution in [0.5, 0.6) is 0 Å². The molecule has 0 aromatic carbocycles. The number of ether oxygens (including phenoxy) is 1. The van der Waals surface area contributed by atoms with E-state index in [0.29, 0.717) is 64.3 Å². The maximum Gasteiger partial charge on any atom is 0.154 e. The lowest BCUT2D eigenvalue weighted by atomic mass is 9.43. The minimum Gasteiger partial charge on any atom is -0.393 e. The molecule has 6 nitrogen and oxygen atoms in total. The molecule has 0 amide bonds. The lowest BCUT2D eigenvalue weighted by Gasteiger charge is -2.62. The average Bonchev–Trinajstić information content (AvgIpc) is 3.71. The van der Waals surface area contributed by atoms with Crippen molar-refractivity contribution in [3.05, 3.63) is 12.2 Å². The maximum absolute atomic E-state index is 11.8. The topological polar surface area (TPSA) is 76.8 Å². The maximum atomic E-state index is 11.8. The first-order chi connectivity index (χ1) is 20.7. The molecule has 43 heavy (non-hydrogen) atoms. The second-order valence-corrected chi connectivity index (χ2v) is 16.7. The lowest BCUT2D eigenvalue weighted by Crippen LogP contribution is -2.59. The van der Waals surface area contributed by atoms with Gasteiger partial charge in [0.2, 0.25) is 0 Å². The second-order valence-electron chi connectivity index (χ2n) is 16.7. The summed E-state index contributed by atoms with van der Waals surface area (Å²) in [5.41, 5.74) is 0.724. The van der Waals surface area contributed by atoms with E-state index in [1.165, 1.54) is 64.3 Å². The number of aliphatic hydroxyl groups is 2. The molecule has 7 unspecified atom stereocenters. The summed E-state index contributed by atoms with van der Waals surface area (Å²) in [7, 11) is 1.60. The molecule has 4 N–H and O–H groups in total. The Kier molecular flexibility index (Phi) is 10.0. The number of hydrogen-bond donors (Lipinski definition) is 4. The van der Waals surface area contributed by atoms with Gasteiger partial charge in [-0.3, -0.25) is 4.90 Å². The quantitative estimate of drug-likeness (QED) is 0.0958. The van der Waals surface area contributed by atoms with E-state index in [0.717, 1.165) is 44.9 Å². The molecule has 15 atom stereocenters. The van der Waals surface area contributed by atoms with Crippen molar-refractivity contribution >= 4 is 0 Å². The fraction of sp³-hybridized carbons (Fsp3) is 0.946. The van der Waals surface area contributed by atoms with E-state index in [4.69, 9.17) is 4.74 Å². The molecule has 1 saturated heterocycles. The SMILES string of the molecule is COC(O)CC[C@@H](C)[C@H]1CCC2C3C(CC[C@@]21C)[C@@]1(C)CC[C@@H](NCCCCNCC2C=CC4CN4[C@@H]2C)C[C@@H]1C[C@@H]3O. The van der Waals surface area contributed by atoms with Crippen LogP contribution in [0.1, 0.15) is 105 Å². The molecule has 0 radical (unpaired) electrons. The number of methoxy groups -OCH3 is 1. The summed E-state index contributed by atoms with van der Waals surface area (Å²) in [4.78, 5) is 2.60. The highest BCUT2D eigenvalue weighted by Gasteiger charge is 2.62. The first-order valence-electron chi connectivity index (χ1n) is 18.4. The third-order valence-electron chi connectivity index (χ3n) is 14.6. The van der Waals surface area contributed by atoms with Crippen molar-refractivity contribution in [3.8, 4) is 0 Å². The Balaban J connectivity index is 0.950. The predicted molar refractivity (Wildman–Crippen MR) is 175 cm³/mol. The number of hydrogen-bond acceptors (Lipinski definition) is 6. The van der Waals surface area contributed by atoms with Crippen molar-refractivity contribution in [2.45, 2.75) is 135 Å².